The largest absolute Gasteiger partial charge is 0.478 e. The molecule has 0 saturated heterocycles. The topological polar surface area (TPSA) is 146 Å². The second-order valence-corrected chi connectivity index (χ2v) is 9.46. The standard InChI is InChI=1S/C30H22N4O5/c1-14(16-6-3-9-21-24(16)31-23-11-5-8-19(29(36)37)26(23)32-21)17-12-13-20(30(38)39)28-27(17)34-25-18(15(2)35)7-4-10-22(25)33-28/h3-15,35H,1-2H3,(H,36,37)(H,38,39). The van der Waals surface area contributed by atoms with Gasteiger partial charge in [0, 0.05) is 11.5 Å². The molecule has 0 bridgehead atoms. The molecule has 4 aromatic carbocycles. The van der Waals surface area contributed by atoms with E-state index in [1.165, 1.54) is 12.1 Å². The van der Waals surface area contributed by atoms with E-state index in [1.807, 2.05) is 19.1 Å². The fourth-order valence-corrected chi connectivity index (χ4v) is 5.11. The van der Waals surface area contributed by atoms with Crippen molar-refractivity contribution < 1.29 is 24.9 Å². The fourth-order valence-electron chi connectivity index (χ4n) is 5.11. The Hall–Kier alpha value is -5.02. The molecular weight excluding hydrogens is 496 g/mol. The number of rotatable bonds is 5. The first-order valence-corrected chi connectivity index (χ1v) is 12.3. The third kappa shape index (κ3) is 3.91. The summed E-state index contributed by atoms with van der Waals surface area (Å²) in [6.07, 6.45) is -0.790. The van der Waals surface area contributed by atoms with Crippen LogP contribution in [-0.4, -0.2) is 47.2 Å². The number of aromatic nitrogens is 4. The highest BCUT2D eigenvalue weighted by atomic mass is 16.4. The predicted octanol–water partition coefficient (Wildman–Crippen LogP) is 5.48. The molecular formula is C30H22N4O5. The summed E-state index contributed by atoms with van der Waals surface area (Å²) in [5.41, 5.74) is 5.83. The maximum atomic E-state index is 12.1. The number of benzene rings is 4. The van der Waals surface area contributed by atoms with Crippen molar-refractivity contribution in [3.8, 4) is 0 Å². The van der Waals surface area contributed by atoms with E-state index in [0.717, 1.165) is 11.1 Å². The lowest BCUT2D eigenvalue weighted by atomic mass is 9.89. The molecule has 0 radical (unpaired) electrons. The molecule has 0 aliphatic heterocycles. The summed E-state index contributed by atoms with van der Waals surface area (Å²) < 4.78 is 0. The molecule has 2 unspecified atom stereocenters. The van der Waals surface area contributed by atoms with Crippen molar-refractivity contribution in [1.82, 2.24) is 19.9 Å². The zero-order valence-electron chi connectivity index (χ0n) is 21.0. The van der Waals surface area contributed by atoms with Crippen LogP contribution in [0.2, 0.25) is 0 Å². The summed E-state index contributed by atoms with van der Waals surface area (Å²) in [6.45, 7) is 3.61. The van der Waals surface area contributed by atoms with Crippen molar-refractivity contribution in [2.24, 2.45) is 0 Å². The maximum Gasteiger partial charge on any atom is 0.337 e. The number of fused-ring (bicyclic) bond motifs is 4. The quantitative estimate of drug-likeness (QED) is 0.252. The Morgan fingerprint density at radius 2 is 1.05 bits per heavy atom. The Balaban J connectivity index is 1.63. The number of hydrogen-bond donors (Lipinski definition) is 3. The van der Waals surface area contributed by atoms with Crippen LogP contribution in [0.3, 0.4) is 0 Å². The third-order valence-electron chi connectivity index (χ3n) is 7.05. The number of aliphatic hydroxyl groups excluding tert-OH is 1. The van der Waals surface area contributed by atoms with Crippen LogP contribution in [0.5, 0.6) is 0 Å². The summed E-state index contributed by atoms with van der Waals surface area (Å²) in [7, 11) is 0. The second kappa shape index (κ2) is 9.07. The molecule has 3 N–H and O–H groups in total. The highest BCUT2D eigenvalue weighted by Gasteiger charge is 2.23. The van der Waals surface area contributed by atoms with Crippen molar-refractivity contribution in [3.05, 3.63) is 94.5 Å². The fraction of sp³-hybridized carbons (Fsp3) is 0.133. The maximum absolute atomic E-state index is 12.1. The molecule has 39 heavy (non-hydrogen) atoms. The number of carboxylic acids is 2. The first kappa shape index (κ1) is 24.3. The first-order valence-electron chi connectivity index (χ1n) is 12.3. The molecule has 0 aliphatic rings. The summed E-state index contributed by atoms with van der Waals surface area (Å²) >= 11 is 0. The van der Waals surface area contributed by atoms with Crippen LogP contribution in [0, 0.1) is 0 Å². The lowest BCUT2D eigenvalue weighted by Gasteiger charge is -2.18. The number of carboxylic acid groups (broad SMARTS) is 2. The van der Waals surface area contributed by atoms with Crippen LogP contribution in [0.4, 0.5) is 0 Å². The van der Waals surface area contributed by atoms with Crippen LogP contribution in [0.1, 0.15) is 63.3 Å². The van der Waals surface area contributed by atoms with Crippen LogP contribution in [-0.2, 0) is 0 Å². The van der Waals surface area contributed by atoms with Crippen molar-refractivity contribution in [2.75, 3.05) is 0 Å². The Labute approximate surface area is 221 Å². The zero-order valence-corrected chi connectivity index (χ0v) is 21.0. The number of aromatic carboxylic acids is 2. The van der Waals surface area contributed by atoms with Crippen LogP contribution >= 0.6 is 0 Å². The number of hydrogen-bond acceptors (Lipinski definition) is 7. The van der Waals surface area contributed by atoms with E-state index in [0.29, 0.717) is 44.2 Å². The van der Waals surface area contributed by atoms with Gasteiger partial charge in [-0.1, -0.05) is 43.3 Å². The molecule has 192 valence electrons. The van der Waals surface area contributed by atoms with E-state index in [-0.39, 0.29) is 22.6 Å². The highest BCUT2D eigenvalue weighted by Crippen LogP contribution is 2.35. The van der Waals surface area contributed by atoms with Crippen molar-refractivity contribution >= 4 is 56.1 Å². The monoisotopic (exact) mass is 518 g/mol. The van der Waals surface area contributed by atoms with E-state index in [2.05, 4.69) is 9.97 Å². The van der Waals surface area contributed by atoms with Gasteiger partial charge in [-0.15, -0.1) is 0 Å². The molecule has 2 heterocycles. The van der Waals surface area contributed by atoms with Crippen molar-refractivity contribution in [3.63, 3.8) is 0 Å². The zero-order chi connectivity index (χ0) is 27.4. The summed E-state index contributed by atoms with van der Waals surface area (Å²) in [5, 5.41) is 29.8. The van der Waals surface area contributed by atoms with E-state index < -0.39 is 18.0 Å². The van der Waals surface area contributed by atoms with Gasteiger partial charge >= 0.3 is 11.9 Å². The van der Waals surface area contributed by atoms with Crippen LogP contribution < -0.4 is 0 Å². The molecule has 9 nitrogen and oxygen atoms in total. The highest BCUT2D eigenvalue weighted by molar-refractivity contribution is 6.05. The van der Waals surface area contributed by atoms with Crippen molar-refractivity contribution in [1.29, 1.82) is 0 Å². The van der Waals surface area contributed by atoms with Gasteiger partial charge in [0.25, 0.3) is 0 Å². The number of aliphatic hydroxyl groups is 1. The molecule has 9 heteroatoms. The number of nitrogens with zero attached hydrogens (tertiary/aromatic N) is 4. The molecule has 0 aliphatic carbocycles. The second-order valence-electron chi connectivity index (χ2n) is 9.46. The Morgan fingerprint density at radius 1 is 0.564 bits per heavy atom. The molecule has 0 saturated carbocycles. The van der Waals surface area contributed by atoms with E-state index in [9.17, 15) is 24.9 Å². The van der Waals surface area contributed by atoms with Crippen LogP contribution in [0.25, 0.3) is 44.1 Å². The Bertz CT molecular complexity index is 1990. The Morgan fingerprint density at radius 3 is 1.69 bits per heavy atom. The molecule has 6 aromatic rings. The van der Waals surface area contributed by atoms with Gasteiger partial charge in [0.2, 0.25) is 0 Å². The number of carbonyl (C=O) groups is 2. The molecule has 0 spiro atoms. The van der Waals surface area contributed by atoms with Gasteiger partial charge in [0.1, 0.15) is 11.0 Å². The van der Waals surface area contributed by atoms with E-state index in [4.69, 9.17) is 9.97 Å². The van der Waals surface area contributed by atoms with Gasteiger partial charge in [-0.2, -0.15) is 0 Å². The van der Waals surface area contributed by atoms with Crippen LogP contribution in [0.15, 0.2) is 66.7 Å². The summed E-state index contributed by atoms with van der Waals surface area (Å²) in [4.78, 5) is 42.8. The van der Waals surface area contributed by atoms with Gasteiger partial charge in [0.05, 0.1) is 50.3 Å². The number of para-hydroxylation sites is 3. The van der Waals surface area contributed by atoms with E-state index >= 15 is 0 Å². The minimum absolute atomic E-state index is 0.0303. The van der Waals surface area contributed by atoms with Gasteiger partial charge < -0.3 is 15.3 Å². The molecule has 0 amide bonds. The normalized spacial score (nSPS) is 13.2. The summed E-state index contributed by atoms with van der Waals surface area (Å²) in [5.74, 6) is -2.50. The van der Waals surface area contributed by atoms with Gasteiger partial charge in [-0.25, -0.2) is 29.5 Å². The van der Waals surface area contributed by atoms with E-state index in [1.54, 1.807) is 49.4 Å². The minimum Gasteiger partial charge on any atom is -0.478 e. The molecule has 6 rings (SSSR count). The Kier molecular flexibility index (Phi) is 5.66. The first-order chi connectivity index (χ1) is 18.7. The van der Waals surface area contributed by atoms with Gasteiger partial charge in [-0.05, 0) is 48.4 Å². The lowest BCUT2D eigenvalue weighted by Crippen LogP contribution is -2.07. The van der Waals surface area contributed by atoms with Gasteiger partial charge in [0.15, 0.2) is 0 Å². The van der Waals surface area contributed by atoms with Gasteiger partial charge in [-0.3, -0.25) is 0 Å². The molecule has 0 fully saturated rings. The smallest absolute Gasteiger partial charge is 0.337 e. The SMILES string of the molecule is CC(O)c1cccc2nc3c(C(=O)O)ccc(C(C)c4cccc5nc6c(C(=O)O)cccc6nc45)c3nc12. The summed E-state index contributed by atoms with van der Waals surface area (Å²) in [6, 6.07) is 18.9. The average Bonchev–Trinajstić information content (AvgIpc) is 2.92. The average molecular weight is 519 g/mol. The lowest BCUT2D eigenvalue weighted by molar-refractivity contribution is 0.0688. The molecule has 2 atom stereocenters. The molecule has 2 aromatic heterocycles. The van der Waals surface area contributed by atoms with Crippen molar-refractivity contribution in [2.45, 2.75) is 25.9 Å². The minimum atomic E-state index is -1.11. The third-order valence-corrected chi connectivity index (χ3v) is 7.05. The predicted molar refractivity (Wildman–Crippen MR) is 146 cm³/mol.